The molecular formula is C13H17ClO. The summed E-state index contributed by atoms with van der Waals surface area (Å²) < 4.78 is 5.88. The van der Waals surface area contributed by atoms with Gasteiger partial charge in [0.1, 0.15) is 0 Å². The molecule has 0 radical (unpaired) electrons. The highest BCUT2D eigenvalue weighted by Gasteiger charge is 2.25. The fraction of sp³-hybridized carbons (Fsp3) is 0.538. The molecule has 1 aliphatic rings. The van der Waals surface area contributed by atoms with Crippen molar-refractivity contribution in [2.24, 2.45) is 0 Å². The van der Waals surface area contributed by atoms with E-state index < -0.39 is 0 Å². The molecule has 0 saturated carbocycles. The Morgan fingerprint density at radius 1 is 1.27 bits per heavy atom. The molecule has 1 aromatic rings. The maximum atomic E-state index is 6.19. The second-order valence-corrected chi connectivity index (χ2v) is 4.94. The van der Waals surface area contributed by atoms with Gasteiger partial charge in [0.15, 0.2) is 0 Å². The number of alkyl halides is 1. The van der Waals surface area contributed by atoms with Crippen molar-refractivity contribution in [3.63, 3.8) is 0 Å². The largest absolute Gasteiger partial charge is 0.375 e. The molecule has 0 unspecified atom stereocenters. The van der Waals surface area contributed by atoms with Crippen LogP contribution < -0.4 is 0 Å². The summed E-state index contributed by atoms with van der Waals surface area (Å²) in [5.74, 6) is 0. The van der Waals surface area contributed by atoms with Crippen LogP contribution in [0.5, 0.6) is 0 Å². The molecule has 0 spiro atoms. The van der Waals surface area contributed by atoms with Crippen molar-refractivity contribution >= 4 is 11.6 Å². The van der Waals surface area contributed by atoms with Crippen LogP contribution in [-0.2, 0) is 11.2 Å². The van der Waals surface area contributed by atoms with Crippen LogP contribution in [-0.4, -0.2) is 17.6 Å². The Labute approximate surface area is 96.4 Å². The molecule has 0 aromatic heterocycles. The van der Waals surface area contributed by atoms with Crippen molar-refractivity contribution in [2.75, 3.05) is 0 Å². The maximum Gasteiger partial charge on any atom is 0.0633 e. The summed E-state index contributed by atoms with van der Waals surface area (Å²) in [6.45, 7) is 2.10. The van der Waals surface area contributed by atoms with Crippen molar-refractivity contribution in [2.45, 2.75) is 43.8 Å². The summed E-state index contributed by atoms with van der Waals surface area (Å²) in [4.78, 5) is 0. The number of benzene rings is 1. The highest BCUT2D eigenvalue weighted by atomic mass is 35.5. The Hall–Kier alpha value is -0.530. The molecular weight excluding hydrogens is 208 g/mol. The van der Waals surface area contributed by atoms with Gasteiger partial charge >= 0.3 is 0 Å². The molecule has 1 heterocycles. The summed E-state index contributed by atoms with van der Waals surface area (Å²) in [6, 6.07) is 10.5. The Kier molecular flexibility index (Phi) is 3.66. The van der Waals surface area contributed by atoms with E-state index in [1.807, 2.05) is 6.07 Å². The number of hydrogen-bond acceptors (Lipinski definition) is 1. The van der Waals surface area contributed by atoms with E-state index in [2.05, 4.69) is 31.2 Å². The van der Waals surface area contributed by atoms with E-state index in [0.717, 1.165) is 19.3 Å². The van der Waals surface area contributed by atoms with Gasteiger partial charge in [-0.25, -0.2) is 0 Å². The Balaban J connectivity index is 1.94. The van der Waals surface area contributed by atoms with Gasteiger partial charge in [0.05, 0.1) is 12.2 Å². The standard InChI is InChI=1S/C13H17ClO/c1-10-7-12(14)9-13(15-10)8-11-5-3-2-4-6-11/h2-6,10,12-13H,7-9H2,1H3/t10-,12+,13+/m0/s1. The topological polar surface area (TPSA) is 9.23 Å². The van der Waals surface area contributed by atoms with Crippen LogP contribution in [0, 0.1) is 0 Å². The molecule has 2 rings (SSSR count). The SMILES string of the molecule is C[C@H]1C[C@@H](Cl)C[C@@H](Cc2ccccc2)O1. The van der Waals surface area contributed by atoms with Crippen LogP contribution in [0.1, 0.15) is 25.3 Å². The Morgan fingerprint density at radius 3 is 2.67 bits per heavy atom. The van der Waals surface area contributed by atoms with Crippen LogP contribution in [0.25, 0.3) is 0 Å². The number of ether oxygens (including phenoxy) is 1. The van der Waals surface area contributed by atoms with Gasteiger partial charge in [-0.3, -0.25) is 0 Å². The lowest BCUT2D eigenvalue weighted by Crippen LogP contribution is -2.33. The lowest BCUT2D eigenvalue weighted by Gasteiger charge is -2.31. The number of halogens is 1. The summed E-state index contributed by atoms with van der Waals surface area (Å²) >= 11 is 6.19. The Morgan fingerprint density at radius 2 is 2.00 bits per heavy atom. The average Bonchev–Trinajstić information content (AvgIpc) is 2.17. The van der Waals surface area contributed by atoms with E-state index in [1.54, 1.807) is 0 Å². The van der Waals surface area contributed by atoms with Crippen LogP contribution in [0.2, 0.25) is 0 Å². The molecule has 15 heavy (non-hydrogen) atoms. The smallest absolute Gasteiger partial charge is 0.0633 e. The zero-order chi connectivity index (χ0) is 10.7. The van der Waals surface area contributed by atoms with Crippen molar-refractivity contribution in [1.29, 1.82) is 0 Å². The minimum atomic E-state index is 0.280. The predicted molar refractivity (Wildman–Crippen MR) is 63.4 cm³/mol. The fourth-order valence-electron chi connectivity index (χ4n) is 2.19. The minimum absolute atomic E-state index is 0.280. The molecule has 1 saturated heterocycles. The van der Waals surface area contributed by atoms with Gasteiger partial charge in [0.25, 0.3) is 0 Å². The molecule has 0 bridgehead atoms. The van der Waals surface area contributed by atoms with E-state index in [9.17, 15) is 0 Å². The monoisotopic (exact) mass is 224 g/mol. The molecule has 2 heteroatoms. The van der Waals surface area contributed by atoms with Crippen molar-refractivity contribution in [3.05, 3.63) is 35.9 Å². The van der Waals surface area contributed by atoms with E-state index >= 15 is 0 Å². The van der Waals surface area contributed by atoms with Gasteiger partial charge in [-0.2, -0.15) is 0 Å². The zero-order valence-electron chi connectivity index (χ0n) is 9.03. The van der Waals surface area contributed by atoms with Gasteiger partial charge < -0.3 is 4.74 Å². The van der Waals surface area contributed by atoms with Crippen molar-refractivity contribution < 1.29 is 4.74 Å². The van der Waals surface area contributed by atoms with E-state index in [1.165, 1.54) is 5.56 Å². The van der Waals surface area contributed by atoms with Gasteiger partial charge in [-0.05, 0) is 31.7 Å². The summed E-state index contributed by atoms with van der Waals surface area (Å²) in [6.07, 6.45) is 3.52. The summed E-state index contributed by atoms with van der Waals surface area (Å²) in [7, 11) is 0. The third-order valence-electron chi connectivity index (χ3n) is 2.84. The first-order valence-electron chi connectivity index (χ1n) is 5.57. The number of rotatable bonds is 2. The van der Waals surface area contributed by atoms with Gasteiger partial charge in [0, 0.05) is 5.38 Å². The van der Waals surface area contributed by atoms with Crippen molar-refractivity contribution in [1.82, 2.24) is 0 Å². The second-order valence-electron chi connectivity index (χ2n) is 4.33. The molecule has 3 atom stereocenters. The molecule has 1 fully saturated rings. The lowest BCUT2D eigenvalue weighted by atomic mass is 9.99. The normalized spacial score (nSPS) is 31.5. The van der Waals surface area contributed by atoms with E-state index in [0.29, 0.717) is 12.2 Å². The molecule has 0 aliphatic carbocycles. The number of hydrogen-bond donors (Lipinski definition) is 0. The van der Waals surface area contributed by atoms with Crippen LogP contribution >= 0.6 is 11.6 Å². The first-order chi connectivity index (χ1) is 7.24. The van der Waals surface area contributed by atoms with Gasteiger partial charge in [0.2, 0.25) is 0 Å². The fourth-order valence-corrected chi connectivity index (χ4v) is 2.64. The highest BCUT2D eigenvalue weighted by Crippen LogP contribution is 2.25. The maximum absolute atomic E-state index is 6.19. The van der Waals surface area contributed by atoms with Gasteiger partial charge in [-0.1, -0.05) is 30.3 Å². The third kappa shape index (κ3) is 3.22. The summed E-state index contributed by atoms with van der Waals surface area (Å²) in [5.41, 5.74) is 1.33. The molecule has 0 N–H and O–H groups in total. The zero-order valence-corrected chi connectivity index (χ0v) is 9.78. The van der Waals surface area contributed by atoms with Gasteiger partial charge in [-0.15, -0.1) is 11.6 Å². The van der Waals surface area contributed by atoms with Crippen LogP contribution in [0.15, 0.2) is 30.3 Å². The quantitative estimate of drug-likeness (QED) is 0.700. The second kappa shape index (κ2) is 5.00. The molecule has 0 amide bonds. The molecule has 82 valence electrons. The third-order valence-corrected chi connectivity index (χ3v) is 3.19. The summed E-state index contributed by atoms with van der Waals surface area (Å²) in [5, 5.41) is 0.280. The van der Waals surface area contributed by atoms with E-state index in [-0.39, 0.29) is 5.38 Å². The lowest BCUT2D eigenvalue weighted by molar-refractivity contribution is -0.0369. The first-order valence-corrected chi connectivity index (χ1v) is 6.01. The van der Waals surface area contributed by atoms with Crippen molar-refractivity contribution in [3.8, 4) is 0 Å². The minimum Gasteiger partial charge on any atom is -0.375 e. The van der Waals surface area contributed by atoms with E-state index in [4.69, 9.17) is 16.3 Å². The molecule has 1 nitrogen and oxygen atoms in total. The van der Waals surface area contributed by atoms with Crippen LogP contribution in [0.4, 0.5) is 0 Å². The molecule has 1 aliphatic heterocycles. The average molecular weight is 225 g/mol. The first kappa shape index (κ1) is 11.0. The highest BCUT2D eigenvalue weighted by molar-refractivity contribution is 6.20. The Bertz CT molecular complexity index is 289. The molecule has 1 aromatic carbocycles. The predicted octanol–water partition coefficient (Wildman–Crippen LogP) is 3.40. The van der Waals surface area contributed by atoms with Crippen LogP contribution in [0.3, 0.4) is 0 Å².